The van der Waals surface area contributed by atoms with Crippen LogP contribution in [0.25, 0.3) is 0 Å². The van der Waals surface area contributed by atoms with Gasteiger partial charge < -0.3 is 15.2 Å². The molecule has 1 fully saturated rings. The van der Waals surface area contributed by atoms with Crippen LogP contribution >= 0.6 is 0 Å². The number of anilines is 1. The highest BCUT2D eigenvalue weighted by molar-refractivity contribution is 5.34. The summed E-state index contributed by atoms with van der Waals surface area (Å²) in [5.74, 6) is 1.68. The highest BCUT2D eigenvalue weighted by Gasteiger charge is 2.25. The highest BCUT2D eigenvalue weighted by atomic mass is 15.3. The van der Waals surface area contributed by atoms with Gasteiger partial charge in [0.05, 0.1) is 5.69 Å². The second-order valence-electron chi connectivity index (χ2n) is 5.05. The molecule has 2 rings (SSSR count). The van der Waals surface area contributed by atoms with Crippen molar-refractivity contribution in [3.05, 3.63) is 11.9 Å². The van der Waals surface area contributed by atoms with Crippen LogP contribution in [0.4, 0.5) is 5.95 Å². The molecular weight excluding hydrogens is 212 g/mol. The van der Waals surface area contributed by atoms with E-state index in [-0.39, 0.29) is 0 Å². The van der Waals surface area contributed by atoms with Crippen LogP contribution in [0.15, 0.2) is 6.20 Å². The van der Waals surface area contributed by atoms with E-state index in [1.54, 1.807) is 0 Å². The molecule has 4 heteroatoms. The first kappa shape index (κ1) is 12.4. The van der Waals surface area contributed by atoms with Gasteiger partial charge in [-0.3, -0.25) is 0 Å². The van der Waals surface area contributed by atoms with E-state index in [1.165, 1.54) is 5.69 Å². The molecule has 1 aliphatic heterocycles. The fourth-order valence-electron chi connectivity index (χ4n) is 2.46. The van der Waals surface area contributed by atoms with Crippen LogP contribution in [-0.4, -0.2) is 28.7 Å². The first-order chi connectivity index (χ1) is 8.15. The molecule has 2 heterocycles. The Morgan fingerprint density at radius 3 is 2.82 bits per heavy atom. The second kappa shape index (κ2) is 5.08. The summed E-state index contributed by atoms with van der Waals surface area (Å²) in [4.78, 5) is 7.12. The van der Waals surface area contributed by atoms with Gasteiger partial charge >= 0.3 is 0 Å². The van der Waals surface area contributed by atoms with Crippen LogP contribution in [0.1, 0.15) is 32.9 Å². The predicted octanol–water partition coefficient (Wildman–Crippen LogP) is 1.64. The van der Waals surface area contributed by atoms with Gasteiger partial charge in [-0.2, -0.15) is 0 Å². The van der Waals surface area contributed by atoms with Gasteiger partial charge in [0.2, 0.25) is 5.95 Å². The number of aryl methyl sites for hydroxylation is 2. The van der Waals surface area contributed by atoms with Crippen molar-refractivity contribution in [3.63, 3.8) is 0 Å². The third-order valence-corrected chi connectivity index (χ3v) is 3.76. The van der Waals surface area contributed by atoms with E-state index in [0.29, 0.717) is 12.0 Å². The lowest BCUT2D eigenvalue weighted by molar-refractivity contribution is 0.377. The molecule has 2 unspecified atom stereocenters. The zero-order valence-electron chi connectivity index (χ0n) is 11.2. The van der Waals surface area contributed by atoms with E-state index in [2.05, 4.69) is 36.4 Å². The molecule has 0 saturated carbocycles. The summed E-state index contributed by atoms with van der Waals surface area (Å²) in [6.07, 6.45) is 4.25. The Balaban J connectivity index is 2.18. The average molecular weight is 236 g/mol. The molecule has 0 spiro atoms. The van der Waals surface area contributed by atoms with E-state index < -0.39 is 0 Å². The Morgan fingerprint density at radius 2 is 2.24 bits per heavy atom. The summed E-state index contributed by atoms with van der Waals surface area (Å²) < 4.78 is 2.25. The highest BCUT2D eigenvalue weighted by Crippen LogP contribution is 2.22. The van der Waals surface area contributed by atoms with E-state index in [4.69, 9.17) is 10.7 Å². The number of aromatic nitrogens is 2. The van der Waals surface area contributed by atoms with Gasteiger partial charge in [-0.25, -0.2) is 4.98 Å². The minimum atomic E-state index is 0.349. The second-order valence-corrected chi connectivity index (χ2v) is 5.05. The number of hydrogen-bond donors (Lipinski definition) is 1. The molecule has 2 N–H and O–H groups in total. The maximum Gasteiger partial charge on any atom is 0.205 e. The molecule has 1 saturated heterocycles. The topological polar surface area (TPSA) is 47.1 Å². The summed E-state index contributed by atoms with van der Waals surface area (Å²) in [7, 11) is 0. The maximum absolute atomic E-state index is 6.07. The molecule has 0 aliphatic carbocycles. The number of rotatable bonds is 3. The van der Waals surface area contributed by atoms with Gasteiger partial charge in [-0.15, -0.1) is 0 Å². The number of nitrogens with zero attached hydrogens (tertiary/aromatic N) is 3. The lowest BCUT2D eigenvalue weighted by Gasteiger charge is -2.35. The largest absolute Gasteiger partial charge is 0.342 e. The molecule has 96 valence electrons. The molecular formula is C13H24N4. The summed E-state index contributed by atoms with van der Waals surface area (Å²) in [6, 6.07) is 0.349. The van der Waals surface area contributed by atoms with Gasteiger partial charge in [0, 0.05) is 31.9 Å². The summed E-state index contributed by atoms with van der Waals surface area (Å²) in [5.41, 5.74) is 7.25. The van der Waals surface area contributed by atoms with Crippen molar-refractivity contribution >= 4 is 5.95 Å². The van der Waals surface area contributed by atoms with Crippen LogP contribution in [-0.2, 0) is 13.0 Å². The van der Waals surface area contributed by atoms with Crippen molar-refractivity contribution < 1.29 is 0 Å². The molecule has 4 nitrogen and oxygen atoms in total. The molecule has 1 aromatic rings. The molecule has 0 aromatic carbocycles. The zero-order valence-corrected chi connectivity index (χ0v) is 11.2. The summed E-state index contributed by atoms with van der Waals surface area (Å²) in [5, 5.41) is 0. The fourth-order valence-corrected chi connectivity index (χ4v) is 2.46. The number of piperidine rings is 1. The zero-order chi connectivity index (χ0) is 12.4. The Hall–Kier alpha value is -1.03. The van der Waals surface area contributed by atoms with Gasteiger partial charge in [0.15, 0.2) is 0 Å². The van der Waals surface area contributed by atoms with Crippen molar-refractivity contribution in [1.82, 2.24) is 9.55 Å². The SMILES string of the molecule is CCc1cn(CC)c(N2CCC(N)C(C)C2)n1. The van der Waals surface area contributed by atoms with Crippen molar-refractivity contribution in [2.45, 2.75) is 46.2 Å². The van der Waals surface area contributed by atoms with Crippen LogP contribution < -0.4 is 10.6 Å². The smallest absolute Gasteiger partial charge is 0.205 e. The van der Waals surface area contributed by atoms with Gasteiger partial charge in [-0.05, 0) is 25.7 Å². The van der Waals surface area contributed by atoms with Crippen molar-refractivity contribution in [2.75, 3.05) is 18.0 Å². The standard InChI is InChI=1S/C13H24N4/c1-4-11-9-16(5-2)13(15-11)17-7-6-12(14)10(3)8-17/h9-10,12H,4-8,14H2,1-3H3. The van der Waals surface area contributed by atoms with Crippen molar-refractivity contribution in [1.29, 1.82) is 0 Å². The molecule has 0 radical (unpaired) electrons. The normalized spacial score (nSPS) is 25.3. The third kappa shape index (κ3) is 2.46. The minimum Gasteiger partial charge on any atom is -0.342 e. The molecule has 0 bridgehead atoms. The summed E-state index contributed by atoms with van der Waals surface area (Å²) in [6.45, 7) is 9.60. The number of imidazole rings is 1. The first-order valence-corrected chi connectivity index (χ1v) is 6.72. The average Bonchev–Trinajstić information content (AvgIpc) is 2.76. The van der Waals surface area contributed by atoms with Crippen LogP contribution in [0.5, 0.6) is 0 Å². The van der Waals surface area contributed by atoms with Crippen LogP contribution in [0, 0.1) is 5.92 Å². The van der Waals surface area contributed by atoms with Gasteiger partial charge in [-0.1, -0.05) is 13.8 Å². The lowest BCUT2D eigenvalue weighted by atomic mass is 9.95. The van der Waals surface area contributed by atoms with E-state index in [0.717, 1.165) is 38.4 Å². The summed E-state index contributed by atoms with van der Waals surface area (Å²) >= 11 is 0. The fraction of sp³-hybridized carbons (Fsp3) is 0.769. The molecule has 17 heavy (non-hydrogen) atoms. The van der Waals surface area contributed by atoms with Crippen LogP contribution in [0.3, 0.4) is 0 Å². The van der Waals surface area contributed by atoms with Crippen molar-refractivity contribution in [3.8, 4) is 0 Å². The maximum atomic E-state index is 6.07. The Morgan fingerprint density at radius 1 is 1.47 bits per heavy atom. The predicted molar refractivity (Wildman–Crippen MR) is 71.2 cm³/mol. The quantitative estimate of drug-likeness (QED) is 0.868. The monoisotopic (exact) mass is 236 g/mol. The van der Waals surface area contributed by atoms with E-state index >= 15 is 0 Å². The first-order valence-electron chi connectivity index (χ1n) is 6.72. The van der Waals surface area contributed by atoms with Gasteiger partial charge in [0.25, 0.3) is 0 Å². The lowest BCUT2D eigenvalue weighted by Crippen LogP contribution is -2.46. The molecule has 0 amide bonds. The Bertz CT molecular complexity index is 371. The van der Waals surface area contributed by atoms with Gasteiger partial charge in [0.1, 0.15) is 0 Å². The van der Waals surface area contributed by atoms with E-state index in [9.17, 15) is 0 Å². The molecule has 1 aromatic heterocycles. The Labute approximate surface area is 104 Å². The van der Waals surface area contributed by atoms with Crippen LogP contribution in [0.2, 0.25) is 0 Å². The number of nitrogens with two attached hydrogens (primary N) is 1. The third-order valence-electron chi connectivity index (χ3n) is 3.76. The minimum absolute atomic E-state index is 0.349. The van der Waals surface area contributed by atoms with E-state index in [1.807, 2.05) is 0 Å². The molecule has 1 aliphatic rings. The van der Waals surface area contributed by atoms with Crippen molar-refractivity contribution in [2.24, 2.45) is 11.7 Å². The Kier molecular flexibility index (Phi) is 3.72. The molecule has 2 atom stereocenters. The number of hydrogen-bond acceptors (Lipinski definition) is 3.